The third-order valence-electron chi connectivity index (χ3n) is 4.02. The first kappa shape index (κ1) is 18.0. The SMILES string of the molecule is CCOCC(C(C)C)N1C(=O)C(C)(C)NC(=O)C1C(C)C. The van der Waals surface area contributed by atoms with Gasteiger partial charge in [-0.25, -0.2) is 0 Å². The third-order valence-corrected chi connectivity index (χ3v) is 4.02. The molecule has 0 aromatic rings. The van der Waals surface area contributed by atoms with Gasteiger partial charge in [0.2, 0.25) is 11.8 Å². The van der Waals surface area contributed by atoms with Crippen LogP contribution in [-0.4, -0.2) is 47.6 Å². The molecule has 2 amide bonds. The third kappa shape index (κ3) is 3.76. The van der Waals surface area contributed by atoms with Gasteiger partial charge in [-0.1, -0.05) is 27.7 Å². The normalized spacial score (nSPS) is 23.7. The zero-order valence-electron chi connectivity index (χ0n) is 14.4. The van der Waals surface area contributed by atoms with Gasteiger partial charge in [-0.3, -0.25) is 9.59 Å². The maximum absolute atomic E-state index is 12.9. The lowest BCUT2D eigenvalue weighted by Crippen LogP contribution is -2.72. The minimum atomic E-state index is -0.859. The molecule has 21 heavy (non-hydrogen) atoms. The van der Waals surface area contributed by atoms with Gasteiger partial charge in [-0.05, 0) is 32.6 Å². The second-order valence-electron chi connectivity index (χ2n) is 6.99. The first-order valence-electron chi connectivity index (χ1n) is 7.86. The standard InChI is InChI=1S/C16H30N2O3/c1-8-21-9-12(10(2)3)18-13(11(4)5)14(19)17-16(6,7)15(18)20/h10-13H,8-9H2,1-7H3,(H,17,19). The largest absolute Gasteiger partial charge is 0.380 e. The van der Waals surface area contributed by atoms with Crippen LogP contribution in [-0.2, 0) is 14.3 Å². The van der Waals surface area contributed by atoms with E-state index in [2.05, 4.69) is 19.2 Å². The number of carbonyl (C=O) groups is 2. The molecule has 1 aliphatic heterocycles. The van der Waals surface area contributed by atoms with Crippen LogP contribution >= 0.6 is 0 Å². The Morgan fingerprint density at radius 3 is 2.24 bits per heavy atom. The average Bonchev–Trinajstić information content (AvgIpc) is 2.33. The predicted molar refractivity (Wildman–Crippen MR) is 82.8 cm³/mol. The van der Waals surface area contributed by atoms with Crippen molar-refractivity contribution in [3.05, 3.63) is 0 Å². The Morgan fingerprint density at radius 2 is 1.81 bits per heavy atom. The van der Waals surface area contributed by atoms with E-state index in [4.69, 9.17) is 4.74 Å². The van der Waals surface area contributed by atoms with Gasteiger partial charge in [-0.15, -0.1) is 0 Å². The number of hydrogen-bond acceptors (Lipinski definition) is 3. The number of amides is 2. The van der Waals surface area contributed by atoms with Crippen molar-refractivity contribution in [2.45, 2.75) is 66.1 Å². The molecule has 1 saturated heterocycles. The summed E-state index contributed by atoms with van der Waals surface area (Å²) in [5, 5.41) is 2.85. The topological polar surface area (TPSA) is 58.6 Å². The number of rotatable bonds is 6. The van der Waals surface area contributed by atoms with Crippen LogP contribution < -0.4 is 5.32 Å². The smallest absolute Gasteiger partial charge is 0.248 e. The zero-order valence-corrected chi connectivity index (χ0v) is 14.4. The van der Waals surface area contributed by atoms with Gasteiger partial charge < -0.3 is 15.0 Å². The van der Waals surface area contributed by atoms with Crippen molar-refractivity contribution in [3.8, 4) is 0 Å². The molecule has 0 aliphatic carbocycles. The highest BCUT2D eigenvalue weighted by molar-refractivity contribution is 5.99. The molecule has 122 valence electrons. The van der Waals surface area contributed by atoms with E-state index in [0.717, 1.165) is 0 Å². The number of nitrogens with zero attached hydrogens (tertiary/aromatic N) is 1. The summed E-state index contributed by atoms with van der Waals surface area (Å²) in [4.78, 5) is 27.1. The molecule has 2 atom stereocenters. The van der Waals surface area contributed by atoms with Gasteiger partial charge in [0, 0.05) is 6.61 Å². The Morgan fingerprint density at radius 1 is 1.24 bits per heavy atom. The van der Waals surface area contributed by atoms with Gasteiger partial charge in [0.05, 0.1) is 12.6 Å². The molecule has 0 saturated carbocycles. The maximum Gasteiger partial charge on any atom is 0.248 e. The molecular weight excluding hydrogens is 268 g/mol. The molecular formula is C16H30N2O3. The first-order chi connectivity index (χ1) is 9.63. The Kier molecular flexibility index (Phi) is 5.79. The molecule has 0 radical (unpaired) electrons. The second-order valence-corrected chi connectivity index (χ2v) is 6.99. The van der Waals surface area contributed by atoms with Crippen LogP contribution in [0.5, 0.6) is 0 Å². The van der Waals surface area contributed by atoms with Gasteiger partial charge in [0.1, 0.15) is 11.6 Å². The van der Waals surface area contributed by atoms with E-state index in [1.165, 1.54) is 0 Å². The fraction of sp³-hybridized carbons (Fsp3) is 0.875. The van der Waals surface area contributed by atoms with Crippen molar-refractivity contribution >= 4 is 11.8 Å². The van der Waals surface area contributed by atoms with E-state index >= 15 is 0 Å². The number of hydrogen-bond donors (Lipinski definition) is 1. The minimum Gasteiger partial charge on any atom is -0.380 e. The Balaban J connectivity index is 3.19. The second kappa shape index (κ2) is 6.77. The van der Waals surface area contributed by atoms with E-state index in [1.54, 1.807) is 18.7 Å². The van der Waals surface area contributed by atoms with Crippen LogP contribution in [0, 0.1) is 11.8 Å². The summed E-state index contributed by atoms with van der Waals surface area (Å²) >= 11 is 0. The van der Waals surface area contributed by atoms with Gasteiger partial charge in [0.15, 0.2) is 0 Å². The first-order valence-corrected chi connectivity index (χ1v) is 7.86. The lowest BCUT2D eigenvalue weighted by atomic mass is 9.88. The molecule has 0 spiro atoms. The summed E-state index contributed by atoms with van der Waals surface area (Å²) in [7, 11) is 0. The highest BCUT2D eigenvalue weighted by Gasteiger charge is 2.49. The van der Waals surface area contributed by atoms with E-state index in [9.17, 15) is 9.59 Å². The quantitative estimate of drug-likeness (QED) is 0.813. The molecule has 5 nitrogen and oxygen atoms in total. The predicted octanol–water partition coefficient (Wildman–Crippen LogP) is 1.81. The van der Waals surface area contributed by atoms with Crippen molar-refractivity contribution in [2.24, 2.45) is 11.8 Å². The van der Waals surface area contributed by atoms with Crippen molar-refractivity contribution < 1.29 is 14.3 Å². The Labute approximate surface area is 128 Å². The molecule has 2 unspecified atom stereocenters. The number of ether oxygens (including phenoxy) is 1. The number of piperazine rings is 1. The van der Waals surface area contributed by atoms with Crippen LogP contribution in [0.4, 0.5) is 0 Å². The van der Waals surface area contributed by atoms with Crippen molar-refractivity contribution in [2.75, 3.05) is 13.2 Å². The van der Waals surface area contributed by atoms with E-state index in [0.29, 0.717) is 13.2 Å². The summed E-state index contributed by atoms with van der Waals surface area (Å²) in [6.07, 6.45) is 0. The Hall–Kier alpha value is -1.10. The fourth-order valence-electron chi connectivity index (χ4n) is 2.82. The van der Waals surface area contributed by atoms with Crippen molar-refractivity contribution in [3.63, 3.8) is 0 Å². The van der Waals surface area contributed by atoms with Gasteiger partial charge >= 0.3 is 0 Å². The zero-order chi connectivity index (χ0) is 16.4. The molecule has 0 bridgehead atoms. The fourth-order valence-corrected chi connectivity index (χ4v) is 2.82. The van der Waals surface area contributed by atoms with Crippen LogP contribution in [0.15, 0.2) is 0 Å². The maximum atomic E-state index is 12.9. The Bertz CT molecular complexity index is 391. The monoisotopic (exact) mass is 298 g/mol. The number of carbonyl (C=O) groups excluding carboxylic acids is 2. The number of nitrogens with one attached hydrogen (secondary N) is 1. The highest BCUT2D eigenvalue weighted by atomic mass is 16.5. The lowest BCUT2D eigenvalue weighted by molar-refractivity contribution is -0.161. The van der Waals surface area contributed by atoms with Crippen LogP contribution in [0.1, 0.15) is 48.5 Å². The molecule has 1 fully saturated rings. The lowest BCUT2D eigenvalue weighted by Gasteiger charge is -2.48. The van der Waals surface area contributed by atoms with Crippen LogP contribution in [0.25, 0.3) is 0 Å². The summed E-state index contributed by atoms with van der Waals surface area (Å²) in [6, 6.07) is -0.520. The van der Waals surface area contributed by atoms with Gasteiger partial charge in [0.25, 0.3) is 0 Å². The molecule has 1 heterocycles. The van der Waals surface area contributed by atoms with Crippen molar-refractivity contribution in [1.29, 1.82) is 0 Å². The summed E-state index contributed by atoms with van der Waals surface area (Å²) in [5.74, 6) is 0.187. The molecule has 1 N–H and O–H groups in total. The van der Waals surface area contributed by atoms with Crippen LogP contribution in [0.3, 0.4) is 0 Å². The van der Waals surface area contributed by atoms with E-state index in [-0.39, 0.29) is 29.7 Å². The minimum absolute atomic E-state index is 0.0285. The average molecular weight is 298 g/mol. The van der Waals surface area contributed by atoms with E-state index < -0.39 is 11.6 Å². The molecule has 5 heteroatoms. The van der Waals surface area contributed by atoms with E-state index in [1.807, 2.05) is 20.8 Å². The highest BCUT2D eigenvalue weighted by Crippen LogP contribution is 2.27. The van der Waals surface area contributed by atoms with Crippen LogP contribution in [0.2, 0.25) is 0 Å². The summed E-state index contributed by atoms with van der Waals surface area (Å²) in [6.45, 7) is 14.6. The summed E-state index contributed by atoms with van der Waals surface area (Å²) in [5.41, 5.74) is -0.859. The molecule has 0 aromatic carbocycles. The molecule has 0 aromatic heterocycles. The molecule has 1 aliphatic rings. The van der Waals surface area contributed by atoms with Gasteiger partial charge in [-0.2, -0.15) is 0 Å². The summed E-state index contributed by atoms with van der Waals surface area (Å²) < 4.78 is 5.56. The van der Waals surface area contributed by atoms with Crippen molar-refractivity contribution in [1.82, 2.24) is 10.2 Å². The molecule has 1 rings (SSSR count).